The standard InChI is InChI=1S/C75H56O/c1-46-42-63-67(44-47(46)2)75(65-30-16-12-24-57(65)58-25-13-17-31-66(58)75)73-49(4)48(3)43-62(72(63)73)55(51-36-38-52(39-37-51)56-28-19-33-70-71(56)61-27-14-18-32-69(61)76-70)40-34-50-35-41-60-59-26-11-15-29-64(59)74(68(60)45-50,53-20-7-5-8-21-53)54-22-9-6-10-23-54/h5-33,35-39,41-45,55H,34,40H2,1-4H3. The van der Waals surface area contributed by atoms with Crippen molar-refractivity contribution in [2.75, 3.05) is 0 Å². The van der Waals surface area contributed by atoms with Crippen molar-refractivity contribution in [2.45, 2.75) is 57.3 Å². The van der Waals surface area contributed by atoms with Gasteiger partial charge in [-0.25, -0.2) is 0 Å². The average molecular weight is 973 g/mol. The number of furan rings is 1. The summed E-state index contributed by atoms with van der Waals surface area (Å²) in [5.74, 6) is 0.0719. The van der Waals surface area contributed by atoms with Crippen molar-refractivity contribution < 1.29 is 4.42 Å². The zero-order chi connectivity index (χ0) is 50.9. The summed E-state index contributed by atoms with van der Waals surface area (Å²) >= 11 is 0. The predicted octanol–water partition coefficient (Wildman–Crippen LogP) is 19.0. The van der Waals surface area contributed by atoms with Crippen LogP contribution >= 0.6 is 0 Å². The lowest BCUT2D eigenvalue weighted by Crippen LogP contribution is -2.28. The van der Waals surface area contributed by atoms with Gasteiger partial charge in [0.25, 0.3) is 0 Å². The summed E-state index contributed by atoms with van der Waals surface area (Å²) in [4.78, 5) is 0. The van der Waals surface area contributed by atoms with Crippen LogP contribution in [-0.4, -0.2) is 0 Å². The van der Waals surface area contributed by atoms with Crippen LogP contribution in [0.2, 0.25) is 0 Å². The lowest BCUT2D eigenvalue weighted by molar-refractivity contribution is 0.669. The third-order valence-corrected chi connectivity index (χ3v) is 18.2. The van der Waals surface area contributed by atoms with Crippen molar-refractivity contribution in [1.82, 2.24) is 0 Å². The third kappa shape index (κ3) is 6.14. The van der Waals surface area contributed by atoms with E-state index >= 15 is 0 Å². The van der Waals surface area contributed by atoms with Gasteiger partial charge in [0.05, 0.1) is 10.8 Å². The first-order valence-electron chi connectivity index (χ1n) is 27.2. The predicted molar refractivity (Wildman–Crippen MR) is 315 cm³/mol. The largest absolute Gasteiger partial charge is 0.456 e. The van der Waals surface area contributed by atoms with Gasteiger partial charge >= 0.3 is 0 Å². The fourth-order valence-electron chi connectivity index (χ4n) is 14.6. The van der Waals surface area contributed by atoms with Crippen LogP contribution in [-0.2, 0) is 17.3 Å². The lowest BCUT2D eigenvalue weighted by atomic mass is 9.67. The minimum atomic E-state index is -0.459. The summed E-state index contributed by atoms with van der Waals surface area (Å²) in [5.41, 5.74) is 31.8. The fraction of sp³-hybridized carbons (Fsp3) is 0.120. The molecule has 1 unspecified atom stereocenters. The van der Waals surface area contributed by atoms with Crippen LogP contribution in [0.3, 0.4) is 0 Å². The first-order valence-corrected chi connectivity index (χ1v) is 27.2. The Kier molecular flexibility index (Phi) is 9.92. The highest BCUT2D eigenvalue weighted by atomic mass is 16.3. The van der Waals surface area contributed by atoms with Crippen molar-refractivity contribution in [1.29, 1.82) is 0 Å². The Labute approximate surface area is 445 Å². The first-order chi connectivity index (χ1) is 37.3. The van der Waals surface area contributed by atoms with Gasteiger partial charge in [0, 0.05) is 16.7 Å². The molecule has 0 bridgehead atoms. The Bertz CT molecular complexity index is 4240. The molecule has 0 aliphatic heterocycles. The zero-order valence-corrected chi connectivity index (χ0v) is 43.4. The van der Waals surface area contributed by atoms with Crippen LogP contribution in [0.1, 0.15) is 95.8 Å². The molecule has 0 saturated carbocycles. The molecular formula is C75H56O. The highest BCUT2D eigenvalue weighted by molar-refractivity contribution is 6.12. The van der Waals surface area contributed by atoms with Crippen molar-refractivity contribution in [2.24, 2.45) is 0 Å². The molecule has 1 heterocycles. The van der Waals surface area contributed by atoms with Gasteiger partial charge in [-0.15, -0.1) is 0 Å². The van der Waals surface area contributed by atoms with Crippen molar-refractivity contribution in [3.8, 4) is 44.5 Å². The van der Waals surface area contributed by atoms with Crippen molar-refractivity contribution in [3.05, 3.63) is 320 Å². The molecule has 76 heavy (non-hydrogen) atoms. The monoisotopic (exact) mass is 972 g/mol. The molecule has 1 spiro atoms. The van der Waals surface area contributed by atoms with Crippen molar-refractivity contribution in [3.63, 3.8) is 0 Å². The normalized spacial score (nSPS) is 14.3. The Balaban J connectivity index is 0.942. The summed E-state index contributed by atoms with van der Waals surface area (Å²) < 4.78 is 6.41. The molecule has 1 nitrogen and oxygen atoms in total. The molecule has 1 atom stereocenters. The van der Waals surface area contributed by atoms with Gasteiger partial charge < -0.3 is 4.42 Å². The van der Waals surface area contributed by atoms with E-state index in [9.17, 15) is 0 Å². The molecule has 11 aromatic carbocycles. The minimum Gasteiger partial charge on any atom is -0.456 e. The number of rotatable bonds is 8. The second kappa shape index (κ2) is 16.9. The fourth-order valence-corrected chi connectivity index (χ4v) is 14.6. The van der Waals surface area contributed by atoms with Crippen LogP contribution in [0, 0.1) is 27.7 Å². The first kappa shape index (κ1) is 44.7. The molecule has 1 heteroatoms. The van der Waals surface area contributed by atoms with Gasteiger partial charge in [0.1, 0.15) is 11.2 Å². The van der Waals surface area contributed by atoms with Gasteiger partial charge in [-0.3, -0.25) is 0 Å². The Morgan fingerprint density at radius 2 is 0.934 bits per heavy atom. The SMILES string of the molecule is Cc1cc2c(cc1C)C1(c3ccccc3-c3ccccc31)c1c(C)c(C)cc(C(CCc3ccc4c(c3)C(c3ccccc3)(c3ccccc3)c3ccccc3-4)c3ccc(-c4cccc5oc6ccccc6c45)cc3)c1-2. The van der Waals surface area contributed by atoms with Gasteiger partial charge in [0.15, 0.2) is 0 Å². The minimum absolute atomic E-state index is 0.0719. The van der Waals surface area contributed by atoms with E-state index in [2.05, 4.69) is 264 Å². The number of hydrogen-bond donors (Lipinski definition) is 0. The second-order valence-corrected chi connectivity index (χ2v) is 21.9. The maximum atomic E-state index is 6.41. The summed E-state index contributed by atoms with van der Waals surface area (Å²) in [6.45, 7) is 9.36. The molecular weight excluding hydrogens is 917 g/mol. The summed E-state index contributed by atoms with van der Waals surface area (Å²) in [6, 6.07) is 89.6. The highest BCUT2D eigenvalue weighted by Crippen LogP contribution is 2.65. The topological polar surface area (TPSA) is 13.1 Å². The van der Waals surface area contributed by atoms with E-state index in [4.69, 9.17) is 4.42 Å². The summed E-state index contributed by atoms with van der Waals surface area (Å²) in [5, 5.41) is 2.31. The zero-order valence-electron chi connectivity index (χ0n) is 43.4. The molecule has 0 N–H and O–H groups in total. The quantitative estimate of drug-likeness (QED) is 0.148. The molecule has 3 aliphatic carbocycles. The van der Waals surface area contributed by atoms with Crippen molar-refractivity contribution >= 4 is 21.9 Å². The molecule has 1 aromatic heterocycles. The van der Waals surface area contributed by atoms with E-state index < -0.39 is 10.8 Å². The van der Waals surface area contributed by atoms with E-state index in [-0.39, 0.29) is 5.92 Å². The Hall–Kier alpha value is -8.78. The van der Waals surface area contributed by atoms with Crippen LogP contribution in [0.15, 0.2) is 241 Å². The van der Waals surface area contributed by atoms with E-state index in [0.717, 1.165) is 29.4 Å². The summed E-state index contributed by atoms with van der Waals surface area (Å²) in [6.07, 6.45) is 1.82. The molecule has 0 saturated heterocycles. The van der Waals surface area contributed by atoms with E-state index in [1.165, 1.54) is 133 Å². The average Bonchev–Trinajstić information content (AvgIpc) is 4.31. The van der Waals surface area contributed by atoms with Crippen LogP contribution in [0.5, 0.6) is 0 Å². The Morgan fingerprint density at radius 3 is 1.61 bits per heavy atom. The van der Waals surface area contributed by atoms with E-state index in [1.807, 2.05) is 0 Å². The smallest absolute Gasteiger partial charge is 0.136 e. The van der Waals surface area contributed by atoms with Gasteiger partial charge in [-0.1, -0.05) is 224 Å². The van der Waals surface area contributed by atoms with Crippen LogP contribution in [0.25, 0.3) is 66.4 Å². The highest BCUT2D eigenvalue weighted by Gasteiger charge is 2.54. The molecule has 3 aliphatic rings. The number of aryl methyl sites for hydroxylation is 4. The molecule has 0 amide bonds. The molecule has 15 rings (SSSR count). The maximum Gasteiger partial charge on any atom is 0.136 e. The summed E-state index contributed by atoms with van der Waals surface area (Å²) in [7, 11) is 0. The van der Waals surface area contributed by atoms with Gasteiger partial charge in [-0.05, 0) is 181 Å². The number of para-hydroxylation sites is 1. The van der Waals surface area contributed by atoms with E-state index in [0.29, 0.717) is 0 Å². The molecule has 0 fully saturated rings. The van der Waals surface area contributed by atoms with Gasteiger partial charge in [0.2, 0.25) is 0 Å². The molecule has 362 valence electrons. The Morgan fingerprint density at radius 1 is 0.395 bits per heavy atom. The number of fused-ring (bicyclic) bond motifs is 16. The van der Waals surface area contributed by atoms with E-state index in [1.54, 1.807) is 0 Å². The van der Waals surface area contributed by atoms with Gasteiger partial charge in [-0.2, -0.15) is 0 Å². The number of hydrogen-bond acceptors (Lipinski definition) is 1. The molecule has 12 aromatic rings. The third-order valence-electron chi connectivity index (χ3n) is 18.2. The second-order valence-electron chi connectivity index (χ2n) is 21.9. The lowest BCUT2D eigenvalue weighted by Gasteiger charge is -2.34. The maximum absolute atomic E-state index is 6.41. The molecule has 0 radical (unpaired) electrons. The van der Waals surface area contributed by atoms with Crippen LogP contribution in [0.4, 0.5) is 0 Å². The van der Waals surface area contributed by atoms with Crippen LogP contribution < -0.4 is 0 Å². The number of benzene rings is 11.